The highest BCUT2D eigenvalue weighted by molar-refractivity contribution is 5.98. The second-order valence-corrected chi connectivity index (χ2v) is 5.52. The van der Waals surface area contributed by atoms with Crippen molar-refractivity contribution < 1.29 is 23.5 Å². The van der Waals surface area contributed by atoms with Gasteiger partial charge in [-0.3, -0.25) is 10.1 Å². The van der Waals surface area contributed by atoms with Crippen LogP contribution in [0.4, 0.5) is 14.9 Å². The molecule has 1 heterocycles. The summed E-state index contributed by atoms with van der Waals surface area (Å²) in [7, 11) is 1.41. The average Bonchev–Trinajstić information content (AvgIpc) is 3.07. The lowest BCUT2D eigenvalue weighted by molar-refractivity contribution is -0.120. The average molecular weight is 339 g/mol. The Morgan fingerprint density at radius 3 is 2.92 bits per heavy atom. The number of ether oxygens (including phenoxy) is 2. The zero-order chi connectivity index (χ0) is 17.5. The fourth-order valence-electron chi connectivity index (χ4n) is 2.28. The van der Waals surface area contributed by atoms with Gasteiger partial charge >= 0.3 is 6.03 Å². The first-order valence-electron chi connectivity index (χ1n) is 7.82. The molecule has 0 bridgehead atoms. The van der Waals surface area contributed by atoms with Gasteiger partial charge in [-0.05, 0) is 31.9 Å². The number of anilines is 1. The smallest absolute Gasteiger partial charge is 0.321 e. The molecule has 1 saturated heterocycles. The van der Waals surface area contributed by atoms with E-state index in [-0.39, 0.29) is 6.10 Å². The van der Waals surface area contributed by atoms with Gasteiger partial charge in [-0.25, -0.2) is 9.18 Å². The maximum atomic E-state index is 13.5. The van der Waals surface area contributed by atoms with E-state index in [0.717, 1.165) is 19.4 Å². The van der Waals surface area contributed by atoms with E-state index in [4.69, 9.17) is 9.47 Å². The Morgan fingerprint density at radius 1 is 1.46 bits per heavy atom. The van der Waals surface area contributed by atoms with Gasteiger partial charge in [-0.15, -0.1) is 0 Å². The summed E-state index contributed by atoms with van der Waals surface area (Å²) in [4.78, 5) is 23.1. The summed E-state index contributed by atoms with van der Waals surface area (Å²) in [5.41, 5.74) is 0.340. The lowest BCUT2D eigenvalue weighted by atomic mass is 10.2. The minimum absolute atomic E-state index is 0.0249. The maximum absolute atomic E-state index is 13.5. The molecule has 1 fully saturated rings. The third-order valence-electron chi connectivity index (χ3n) is 3.62. The van der Waals surface area contributed by atoms with Crippen molar-refractivity contribution in [1.82, 2.24) is 10.6 Å². The van der Waals surface area contributed by atoms with E-state index in [1.54, 1.807) is 6.92 Å². The van der Waals surface area contributed by atoms with Crippen molar-refractivity contribution in [3.63, 3.8) is 0 Å². The van der Waals surface area contributed by atoms with Crippen LogP contribution in [0, 0.1) is 5.82 Å². The van der Waals surface area contributed by atoms with Gasteiger partial charge in [0.1, 0.15) is 24.2 Å². The third-order valence-corrected chi connectivity index (χ3v) is 3.62. The molecule has 0 saturated carbocycles. The van der Waals surface area contributed by atoms with E-state index in [2.05, 4.69) is 16.0 Å². The number of amides is 3. The van der Waals surface area contributed by atoms with Crippen LogP contribution >= 0.6 is 0 Å². The summed E-state index contributed by atoms with van der Waals surface area (Å²) in [6, 6.07) is 2.66. The normalized spacial score (nSPS) is 17.9. The Morgan fingerprint density at radius 2 is 2.25 bits per heavy atom. The van der Waals surface area contributed by atoms with E-state index < -0.39 is 23.8 Å². The monoisotopic (exact) mass is 339 g/mol. The van der Waals surface area contributed by atoms with Gasteiger partial charge in [-0.1, -0.05) is 0 Å². The lowest BCUT2D eigenvalue weighted by Gasteiger charge is -2.19. The first-order chi connectivity index (χ1) is 11.5. The summed E-state index contributed by atoms with van der Waals surface area (Å²) >= 11 is 0. The van der Waals surface area contributed by atoms with Crippen molar-refractivity contribution in [2.24, 2.45) is 0 Å². The van der Waals surface area contributed by atoms with Gasteiger partial charge in [0.15, 0.2) is 0 Å². The molecule has 1 aliphatic rings. The Balaban J connectivity index is 2.00. The Kier molecular flexibility index (Phi) is 6.36. The van der Waals surface area contributed by atoms with Crippen LogP contribution in [0.1, 0.15) is 19.8 Å². The summed E-state index contributed by atoms with van der Waals surface area (Å²) in [6.07, 6.45) is 1.95. The SMILES string of the molecule is CNC(=O)NC(=O)[C@@H](C)Nc1cc(F)ccc1OC[C@H]1CCCO1. The van der Waals surface area contributed by atoms with Crippen LogP contribution < -0.4 is 20.7 Å². The summed E-state index contributed by atoms with van der Waals surface area (Å²) < 4.78 is 24.7. The zero-order valence-electron chi connectivity index (χ0n) is 13.7. The predicted molar refractivity (Wildman–Crippen MR) is 86.6 cm³/mol. The molecule has 0 aliphatic carbocycles. The lowest BCUT2D eigenvalue weighted by Crippen LogP contribution is -2.44. The molecular weight excluding hydrogens is 317 g/mol. The topological polar surface area (TPSA) is 88.7 Å². The fourth-order valence-corrected chi connectivity index (χ4v) is 2.28. The van der Waals surface area contributed by atoms with Crippen molar-refractivity contribution in [3.05, 3.63) is 24.0 Å². The molecule has 1 aromatic carbocycles. The van der Waals surface area contributed by atoms with Gasteiger partial charge in [0.05, 0.1) is 11.8 Å². The van der Waals surface area contributed by atoms with E-state index in [1.807, 2.05) is 0 Å². The standard InChI is InChI=1S/C16H22FN3O4/c1-10(15(21)20-16(22)18-2)19-13-8-11(17)5-6-14(13)24-9-12-4-3-7-23-12/h5-6,8,10,12,19H,3-4,7,9H2,1-2H3,(H2,18,20,21,22)/t10-,12-/m1/s1. The van der Waals surface area contributed by atoms with E-state index in [1.165, 1.54) is 25.2 Å². The number of carbonyl (C=O) groups excluding carboxylic acids is 2. The van der Waals surface area contributed by atoms with Crippen LogP contribution in [0.5, 0.6) is 5.75 Å². The van der Waals surface area contributed by atoms with Crippen molar-refractivity contribution in [2.45, 2.75) is 31.9 Å². The number of halogens is 1. The number of rotatable bonds is 6. The van der Waals surface area contributed by atoms with Gasteiger partial charge in [-0.2, -0.15) is 0 Å². The quantitative estimate of drug-likeness (QED) is 0.733. The Hall–Kier alpha value is -2.35. The molecule has 7 nitrogen and oxygen atoms in total. The Bertz CT molecular complexity index is 591. The minimum atomic E-state index is -0.755. The van der Waals surface area contributed by atoms with Gasteiger partial charge < -0.3 is 20.1 Å². The molecule has 0 radical (unpaired) electrons. The highest BCUT2D eigenvalue weighted by atomic mass is 19.1. The van der Waals surface area contributed by atoms with Crippen molar-refractivity contribution >= 4 is 17.6 Å². The molecule has 8 heteroatoms. The number of nitrogens with one attached hydrogen (secondary N) is 3. The first-order valence-corrected chi connectivity index (χ1v) is 7.82. The number of hydrogen-bond acceptors (Lipinski definition) is 5. The van der Waals surface area contributed by atoms with Crippen LogP contribution in [0.15, 0.2) is 18.2 Å². The van der Waals surface area contributed by atoms with E-state index >= 15 is 0 Å². The molecule has 3 N–H and O–H groups in total. The van der Waals surface area contributed by atoms with Crippen LogP contribution in [0.2, 0.25) is 0 Å². The zero-order valence-corrected chi connectivity index (χ0v) is 13.7. The summed E-state index contributed by atoms with van der Waals surface area (Å²) in [5, 5.41) is 7.30. The highest BCUT2D eigenvalue weighted by Gasteiger charge is 2.19. The number of hydrogen-bond donors (Lipinski definition) is 3. The molecule has 1 aliphatic heterocycles. The molecule has 24 heavy (non-hydrogen) atoms. The van der Waals surface area contributed by atoms with Gasteiger partial charge in [0.2, 0.25) is 5.91 Å². The number of benzene rings is 1. The van der Waals surface area contributed by atoms with Crippen LogP contribution in [-0.4, -0.2) is 44.3 Å². The first kappa shape index (κ1) is 18.0. The molecule has 0 unspecified atom stereocenters. The summed E-state index contributed by atoms with van der Waals surface area (Å²) in [6.45, 7) is 2.64. The van der Waals surface area contributed by atoms with Crippen LogP contribution in [0.25, 0.3) is 0 Å². The van der Waals surface area contributed by atoms with E-state index in [0.29, 0.717) is 18.0 Å². The predicted octanol–water partition coefficient (Wildman–Crippen LogP) is 1.64. The molecule has 132 valence electrons. The van der Waals surface area contributed by atoms with Crippen molar-refractivity contribution in [2.75, 3.05) is 25.6 Å². The maximum Gasteiger partial charge on any atom is 0.321 e. The Labute approximate surface area is 139 Å². The fraction of sp³-hybridized carbons (Fsp3) is 0.500. The van der Waals surface area contributed by atoms with Gasteiger partial charge in [0, 0.05) is 19.7 Å². The third kappa shape index (κ3) is 5.09. The largest absolute Gasteiger partial charge is 0.489 e. The number of urea groups is 1. The number of imide groups is 1. The second kappa shape index (κ2) is 8.49. The van der Waals surface area contributed by atoms with E-state index in [9.17, 15) is 14.0 Å². The molecule has 0 aromatic heterocycles. The molecule has 2 rings (SSSR count). The minimum Gasteiger partial charge on any atom is -0.489 e. The molecule has 0 spiro atoms. The van der Waals surface area contributed by atoms with Crippen LogP contribution in [-0.2, 0) is 9.53 Å². The van der Waals surface area contributed by atoms with Crippen LogP contribution in [0.3, 0.4) is 0 Å². The van der Waals surface area contributed by atoms with Gasteiger partial charge in [0.25, 0.3) is 0 Å². The molecular formula is C16H22FN3O4. The summed E-state index contributed by atoms with van der Waals surface area (Å²) in [5.74, 6) is -0.573. The number of carbonyl (C=O) groups is 2. The van der Waals surface area contributed by atoms with Crippen molar-refractivity contribution in [3.8, 4) is 5.75 Å². The second-order valence-electron chi connectivity index (χ2n) is 5.52. The van der Waals surface area contributed by atoms with Crippen molar-refractivity contribution in [1.29, 1.82) is 0 Å². The molecule has 3 amide bonds. The molecule has 1 aromatic rings. The highest BCUT2D eigenvalue weighted by Crippen LogP contribution is 2.27. The molecule has 2 atom stereocenters.